The lowest BCUT2D eigenvalue weighted by Crippen LogP contribution is -1.91. The average molecular weight is 492 g/mol. The molecule has 3 heterocycles. The van der Waals surface area contributed by atoms with Crippen molar-refractivity contribution in [2.75, 3.05) is 17.2 Å². The van der Waals surface area contributed by atoms with Gasteiger partial charge in [-0.05, 0) is 18.8 Å². The van der Waals surface area contributed by atoms with Gasteiger partial charge in [0.1, 0.15) is 5.82 Å². The third-order valence-electron chi connectivity index (χ3n) is 3.54. The topological polar surface area (TPSA) is 130 Å². The van der Waals surface area contributed by atoms with Gasteiger partial charge in [-0.15, -0.1) is 11.3 Å². The number of rotatable bonds is 3. The van der Waals surface area contributed by atoms with Crippen molar-refractivity contribution in [2.45, 2.75) is 81.1 Å². The Morgan fingerprint density at radius 1 is 0.710 bits per heavy atom. The molecule has 0 saturated carbocycles. The highest BCUT2D eigenvalue weighted by Crippen LogP contribution is 2.25. The molecule has 0 fully saturated rings. The van der Waals surface area contributed by atoms with Gasteiger partial charge < -0.3 is 17.2 Å². The van der Waals surface area contributed by atoms with E-state index in [4.69, 9.17) is 17.2 Å². The summed E-state index contributed by atoms with van der Waals surface area (Å²) in [6.45, 7) is 14.2. The third-order valence-corrected chi connectivity index (χ3v) is 5.60. The first kappa shape index (κ1) is 31.3. The van der Waals surface area contributed by atoms with E-state index < -0.39 is 0 Å². The molecule has 0 spiro atoms. The number of halogens is 1. The fourth-order valence-electron chi connectivity index (χ4n) is 2.13. The summed E-state index contributed by atoms with van der Waals surface area (Å²) in [7, 11) is 0. The van der Waals surface area contributed by atoms with Crippen molar-refractivity contribution in [3.05, 3.63) is 27.2 Å². The van der Waals surface area contributed by atoms with Crippen LogP contribution in [0.5, 0.6) is 0 Å². The normalized spacial score (nSPS) is 10.0. The number of thiazole rings is 2. The molecule has 0 amide bonds. The first-order valence-corrected chi connectivity index (χ1v) is 11.6. The Morgan fingerprint density at radius 3 is 1.39 bits per heavy atom. The summed E-state index contributed by atoms with van der Waals surface area (Å²) < 4.78 is 16.8. The molecular weight excluding hydrogens is 453 g/mol. The second-order valence-electron chi connectivity index (χ2n) is 7.16. The number of anilines is 3. The molecule has 0 unspecified atom stereocenters. The predicted molar refractivity (Wildman–Crippen MR) is 138 cm³/mol. The second-order valence-corrected chi connectivity index (χ2v) is 10.2. The Morgan fingerprint density at radius 2 is 1.19 bits per heavy atom. The van der Waals surface area contributed by atoms with Crippen LogP contribution in [0.1, 0.15) is 96.2 Å². The predicted octanol–water partition coefficient (Wildman–Crippen LogP) is 6.66. The van der Waals surface area contributed by atoms with Crippen molar-refractivity contribution in [3.63, 3.8) is 0 Å². The molecular formula is C20H38FN7S3. The van der Waals surface area contributed by atoms with Crippen LogP contribution in [0.2, 0.25) is 0 Å². The summed E-state index contributed by atoms with van der Waals surface area (Å²) in [5.41, 5.74) is 17.8. The smallest absolute Gasteiger partial charge is 0.201 e. The first-order valence-electron chi connectivity index (χ1n) is 9.15. The Kier molecular flexibility index (Phi) is 14.4. The Labute approximate surface area is 198 Å². The Hall–Kier alpha value is -1.85. The zero-order chi connectivity index (χ0) is 22.3. The largest absolute Gasteiger partial charge is 0.375 e. The van der Waals surface area contributed by atoms with Crippen LogP contribution in [-0.2, 0) is 0 Å². The number of nitrogen functional groups attached to an aromatic ring is 3. The van der Waals surface area contributed by atoms with Gasteiger partial charge in [0, 0.05) is 22.3 Å². The molecule has 0 atom stereocenters. The Bertz CT molecular complexity index is 835. The van der Waals surface area contributed by atoms with Crippen LogP contribution < -0.4 is 17.2 Å². The molecule has 0 radical (unpaired) electrons. The van der Waals surface area contributed by atoms with Gasteiger partial charge in [0.15, 0.2) is 15.4 Å². The fourth-order valence-corrected chi connectivity index (χ4v) is 4.26. The molecule has 0 aliphatic carbocycles. The van der Waals surface area contributed by atoms with E-state index in [0.29, 0.717) is 32.9 Å². The van der Waals surface area contributed by atoms with Crippen LogP contribution in [0.3, 0.4) is 0 Å². The number of nitrogens with two attached hydrogens (primary N) is 3. The number of aryl methyl sites for hydroxylation is 1. The van der Waals surface area contributed by atoms with Crippen LogP contribution >= 0.6 is 34.2 Å². The van der Waals surface area contributed by atoms with Crippen molar-refractivity contribution in [1.29, 1.82) is 0 Å². The summed E-state index contributed by atoms with van der Waals surface area (Å²) in [4.78, 5) is 13.3. The minimum absolute atomic E-state index is 0. The molecule has 6 N–H and O–H groups in total. The summed E-state index contributed by atoms with van der Waals surface area (Å²) in [6.07, 6.45) is 0. The van der Waals surface area contributed by atoms with E-state index in [9.17, 15) is 4.39 Å². The van der Waals surface area contributed by atoms with Crippen molar-refractivity contribution < 1.29 is 4.39 Å². The van der Waals surface area contributed by atoms with E-state index in [2.05, 4.69) is 40.1 Å². The average Bonchev–Trinajstić information content (AvgIpc) is 3.27. The number of hydrogen-bond acceptors (Lipinski definition) is 10. The van der Waals surface area contributed by atoms with E-state index in [-0.39, 0.29) is 25.9 Å². The minimum atomic E-state index is -0.257. The lowest BCUT2D eigenvalue weighted by atomic mass is 10.1. The zero-order valence-electron chi connectivity index (χ0n) is 17.9. The van der Waals surface area contributed by atoms with Gasteiger partial charge in [-0.1, -0.05) is 67.7 Å². The van der Waals surface area contributed by atoms with E-state index >= 15 is 0 Å². The number of aromatic nitrogens is 4. The summed E-state index contributed by atoms with van der Waals surface area (Å²) in [6, 6.07) is 0. The highest BCUT2D eigenvalue weighted by atomic mass is 32.1. The van der Waals surface area contributed by atoms with Gasteiger partial charge in [0.2, 0.25) is 5.13 Å². The van der Waals surface area contributed by atoms with Crippen LogP contribution in [0.15, 0.2) is 0 Å². The summed E-state index contributed by atoms with van der Waals surface area (Å²) in [5.74, 6) is 1.85. The maximum Gasteiger partial charge on any atom is 0.201 e. The second kappa shape index (κ2) is 14.3. The van der Waals surface area contributed by atoms with Gasteiger partial charge in [-0.2, -0.15) is 8.76 Å². The Balaban J connectivity index is 0. The summed E-state index contributed by atoms with van der Waals surface area (Å²) in [5, 5.41) is 1.29. The minimum Gasteiger partial charge on any atom is -0.375 e. The van der Waals surface area contributed by atoms with Crippen LogP contribution in [-0.4, -0.2) is 19.3 Å². The molecule has 0 aliphatic heterocycles. The quantitative estimate of drug-likeness (QED) is 0.373. The molecule has 3 aromatic heterocycles. The molecule has 0 bridgehead atoms. The SMILES string of the molecule is C.C.CC(C)c1nc(N)sc1F.CC(C)c1nsc(N)n1.Cc1sc(N)nc1C(C)C. The molecule has 178 valence electrons. The summed E-state index contributed by atoms with van der Waals surface area (Å²) >= 11 is 3.71. The molecule has 0 aromatic carbocycles. The first-order chi connectivity index (χ1) is 13.4. The third kappa shape index (κ3) is 10.3. The van der Waals surface area contributed by atoms with E-state index in [0.717, 1.165) is 22.9 Å². The number of hydrogen-bond donors (Lipinski definition) is 3. The van der Waals surface area contributed by atoms with Crippen LogP contribution in [0.25, 0.3) is 0 Å². The van der Waals surface area contributed by atoms with E-state index in [1.54, 1.807) is 11.3 Å². The molecule has 0 saturated heterocycles. The fraction of sp³-hybridized carbons (Fsp3) is 0.600. The lowest BCUT2D eigenvalue weighted by Gasteiger charge is -1.98. The molecule has 0 aliphatic rings. The molecule has 3 rings (SSSR count). The highest BCUT2D eigenvalue weighted by molar-refractivity contribution is 7.15. The molecule has 31 heavy (non-hydrogen) atoms. The van der Waals surface area contributed by atoms with Crippen LogP contribution in [0.4, 0.5) is 19.8 Å². The van der Waals surface area contributed by atoms with Crippen molar-refractivity contribution in [3.8, 4) is 0 Å². The number of nitrogens with zero attached hydrogens (tertiary/aromatic N) is 4. The van der Waals surface area contributed by atoms with Crippen molar-refractivity contribution in [1.82, 2.24) is 19.3 Å². The van der Waals surface area contributed by atoms with Gasteiger partial charge in [-0.3, -0.25) is 0 Å². The maximum absolute atomic E-state index is 12.7. The highest BCUT2D eigenvalue weighted by Gasteiger charge is 2.11. The van der Waals surface area contributed by atoms with Gasteiger partial charge in [0.05, 0.1) is 11.4 Å². The van der Waals surface area contributed by atoms with Gasteiger partial charge >= 0.3 is 0 Å². The molecule has 11 heteroatoms. The zero-order valence-corrected chi connectivity index (χ0v) is 20.3. The lowest BCUT2D eigenvalue weighted by molar-refractivity contribution is 0.617. The van der Waals surface area contributed by atoms with E-state index in [1.165, 1.54) is 16.4 Å². The molecule has 3 aromatic rings. The molecule has 7 nitrogen and oxygen atoms in total. The van der Waals surface area contributed by atoms with E-state index in [1.807, 2.05) is 27.7 Å². The maximum atomic E-state index is 12.7. The standard InChI is InChI=1S/C7H12N2S.C6H9FN2S.C5H9N3S.2CH4/c1-4(2)6-5(3)10-7(8)9-6;1-3(2)4-5(7)10-6(8)9-4;1-3(2)4-7-5(6)9-8-4;;/h4H,1-3H3,(H2,8,9);3H,1-2H3,(H2,8,9);3H,1-2H3,(H2,6,7,8);2*1H4. The van der Waals surface area contributed by atoms with Crippen LogP contribution in [0, 0.1) is 12.1 Å². The van der Waals surface area contributed by atoms with Crippen molar-refractivity contribution >= 4 is 49.6 Å². The van der Waals surface area contributed by atoms with Gasteiger partial charge in [-0.25, -0.2) is 15.0 Å². The van der Waals surface area contributed by atoms with Crippen molar-refractivity contribution in [2.24, 2.45) is 0 Å². The monoisotopic (exact) mass is 491 g/mol. The van der Waals surface area contributed by atoms with Gasteiger partial charge in [0.25, 0.3) is 0 Å².